The Balaban J connectivity index is 2.27. The van der Waals surface area contributed by atoms with Crippen LogP contribution in [0.15, 0.2) is 48.5 Å². The molecular formula is C22H32O4Si. The van der Waals surface area contributed by atoms with Gasteiger partial charge in [0.25, 0.3) is 8.32 Å². The first kappa shape index (κ1) is 21.5. The zero-order valence-corrected chi connectivity index (χ0v) is 18.3. The van der Waals surface area contributed by atoms with Crippen molar-refractivity contribution in [1.82, 2.24) is 0 Å². The van der Waals surface area contributed by atoms with Gasteiger partial charge < -0.3 is 19.0 Å². The van der Waals surface area contributed by atoms with E-state index in [9.17, 15) is 5.11 Å². The quantitative estimate of drug-likeness (QED) is 0.621. The van der Waals surface area contributed by atoms with Crippen LogP contribution < -0.4 is 9.16 Å². The number of hydrogen-bond donors (Lipinski definition) is 1. The second kappa shape index (κ2) is 8.91. The summed E-state index contributed by atoms with van der Waals surface area (Å²) in [6, 6.07) is 15.7. The SMILES string of the molecule is COc1c(O[Si](C)(C)C(C)(C)C)cccc1[C@@H](CO)OCc1ccccc1. The summed E-state index contributed by atoms with van der Waals surface area (Å²) in [5.74, 6) is 1.35. The Labute approximate surface area is 164 Å². The highest BCUT2D eigenvalue weighted by atomic mass is 28.4. The molecule has 0 spiro atoms. The standard InChI is InChI=1S/C22H32O4Si/c1-22(2,3)27(5,6)26-19-14-10-13-18(21(19)24-4)20(15-23)25-16-17-11-8-7-9-12-17/h7-14,20,23H,15-16H2,1-6H3/t20-/m1/s1. The topological polar surface area (TPSA) is 47.9 Å². The molecule has 0 saturated heterocycles. The van der Waals surface area contributed by atoms with Crippen LogP contribution in [-0.2, 0) is 11.3 Å². The fraction of sp³-hybridized carbons (Fsp3) is 0.455. The van der Waals surface area contributed by atoms with Crippen LogP contribution in [0.3, 0.4) is 0 Å². The number of aliphatic hydroxyl groups excluding tert-OH is 1. The second-order valence-electron chi connectivity index (χ2n) is 8.21. The number of ether oxygens (including phenoxy) is 2. The van der Waals surface area contributed by atoms with Crippen LogP contribution in [0.1, 0.15) is 38.0 Å². The predicted octanol–water partition coefficient (Wildman–Crippen LogP) is 5.33. The molecule has 1 N–H and O–H groups in total. The van der Waals surface area contributed by atoms with Gasteiger partial charge in [-0.2, -0.15) is 0 Å². The van der Waals surface area contributed by atoms with Gasteiger partial charge in [-0.25, -0.2) is 0 Å². The van der Waals surface area contributed by atoms with Crippen LogP contribution in [0.5, 0.6) is 11.5 Å². The van der Waals surface area contributed by atoms with E-state index in [1.807, 2.05) is 48.5 Å². The minimum absolute atomic E-state index is 0.0776. The normalized spacial score (nSPS) is 13.3. The Morgan fingerprint density at radius 1 is 1.00 bits per heavy atom. The summed E-state index contributed by atoms with van der Waals surface area (Å²) >= 11 is 0. The van der Waals surface area contributed by atoms with E-state index in [0.29, 0.717) is 18.1 Å². The molecule has 1 atom stereocenters. The van der Waals surface area contributed by atoms with E-state index in [0.717, 1.165) is 11.1 Å². The summed E-state index contributed by atoms with van der Waals surface area (Å²) < 4.78 is 18.1. The Kier molecular flexibility index (Phi) is 7.09. The van der Waals surface area contributed by atoms with Crippen molar-refractivity contribution in [1.29, 1.82) is 0 Å². The molecule has 4 nitrogen and oxygen atoms in total. The van der Waals surface area contributed by atoms with Crippen molar-refractivity contribution in [3.05, 3.63) is 59.7 Å². The van der Waals surface area contributed by atoms with Gasteiger partial charge >= 0.3 is 0 Å². The highest BCUT2D eigenvalue weighted by molar-refractivity contribution is 6.74. The average Bonchev–Trinajstić information content (AvgIpc) is 2.62. The molecule has 148 valence electrons. The van der Waals surface area contributed by atoms with E-state index in [1.165, 1.54) is 0 Å². The molecule has 0 bridgehead atoms. The molecule has 0 aromatic heterocycles. The molecule has 0 aliphatic rings. The Hall–Kier alpha value is -1.82. The van der Waals surface area contributed by atoms with Crippen molar-refractivity contribution in [2.45, 2.75) is 51.6 Å². The molecule has 0 saturated carbocycles. The molecule has 2 aromatic carbocycles. The lowest BCUT2D eigenvalue weighted by atomic mass is 10.1. The monoisotopic (exact) mass is 388 g/mol. The maximum atomic E-state index is 9.92. The van der Waals surface area contributed by atoms with E-state index in [1.54, 1.807) is 7.11 Å². The first-order valence-electron chi connectivity index (χ1n) is 9.32. The summed E-state index contributed by atoms with van der Waals surface area (Å²) in [4.78, 5) is 0. The third-order valence-electron chi connectivity index (χ3n) is 5.19. The maximum absolute atomic E-state index is 9.92. The minimum atomic E-state index is -2.02. The van der Waals surface area contributed by atoms with Crippen LogP contribution in [-0.4, -0.2) is 27.1 Å². The molecule has 0 unspecified atom stereocenters. The van der Waals surface area contributed by atoms with Crippen LogP contribution >= 0.6 is 0 Å². The lowest BCUT2D eigenvalue weighted by Crippen LogP contribution is -2.44. The number of hydrogen-bond acceptors (Lipinski definition) is 4. The van der Waals surface area contributed by atoms with E-state index in [2.05, 4.69) is 33.9 Å². The van der Waals surface area contributed by atoms with Crippen molar-refractivity contribution in [3.63, 3.8) is 0 Å². The van der Waals surface area contributed by atoms with Crippen LogP contribution in [0, 0.1) is 0 Å². The van der Waals surface area contributed by atoms with Crippen molar-refractivity contribution >= 4 is 8.32 Å². The summed E-state index contributed by atoms with van der Waals surface area (Å²) in [5, 5.41) is 10.00. The van der Waals surface area contributed by atoms with E-state index < -0.39 is 14.4 Å². The highest BCUT2D eigenvalue weighted by Gasteiger charge is 2.39. The van der Waals surface area contributed by atoms with Crippen molar-refractivity contribution in [2.75, 3.05) is 13.7 Å². The molecule has 5 heteroatoms. The number of aliphatic hydroxyl groups is 1. The Bertz CT molecular complexity index is 723. The molecule has 0 amide bonds. The van der Waals surface area contributed by atoms with Gasteiger partial charge in [-0.1, -0.05) is 63.2 Å². The van der Waals surface area contributed by atoms with Gasteiger partial charge in [-0.15, -0.1) is 0 Å². The lowest BCUT2D eigenvalue weighted by molar-refractivity contribution is -0.000275. The van der Waals surface area contributed by atoms with Crippen molar-refractivity contribution in [3.8, 4) is 11.5 Å². The number of benzene rings is 2. The largest absolute Gasteiger partial charge is 0.541 e. The first-order chi connectivity index (χ1) is 12.7. The highest BCUT2D eigenvalue weighted by Crippen LogP contribution is 2.42. The van der Waals surface area contributed by atoms with E-state index >= 15 is 0 Å². The summed E-state index contributed by atoms with van der Waals surface area (Å²) in [6.45, 7) is 11.3. The molecule has 0 aliphatic heterocycles. The molecule has 27 heavy (non-hydrogen) atoms. The van der Waals surface area contributed by atoms with E-state index in [4.69, 9.17) is 13.9 Å². The third kappa shape index (κ3) is 5.34. The smallest absolute Gasteiger partial charge is 0.250 e. The lowest BCUT2D eigenvalue weighted by Gasteiger charge is -2.37. The van der Waals surface area contributed by atoms with Gasteiger partial charge in [-0.05, 0) is 29.8 Å². The Morgan fingerprint density at radius 2 is 1.67 bits per heavy atom. The average molecular weight is 389 g/mol. The fourth-order valence-corrected chi connectivity index (χ4v) is 3.54. The van der Waals surface area contributed by atoms with Crippen LogP contribution in [0.2, 0.25) is 18.1 Å². The molecular weight excluding hydrogens is 356 g/mol. The van der Waals surface area contributed by atoms with Gasteiger partial charge in [0.2, 0.25) is 0 Å². The molecule has 0 aliphatic carbocycles. The Morgan fingerprint density at radius 3 is 2.22 bits per heavy atom. The number of para-hydroxylation sites is 1. The minimum Gasteiger partial charge on any atom is -0.541 e. The summed E-state index contributed by atoms with van der Waals surface area (Å²) in [7, 11) is -0.388. The predicted molar refractivity (Wildman–Crippen MR) is 112 cm³/mol. The number of rotatable bonds is 8. The fourth-order valence-electron chi connectivity index (χ4n) is 2.53. The zero-order chi connectivity index (χ0) is 20.1. The first-order valence-corrected chi connectivity index (χ1v) is 12.2. The van der Waals surface area contributed by atoms with Crippen molar-refractivity contribution in [2.24, 2.45) is 0 Å². The van der Waals surface area contributed by atoms with Gasteiger partial charge in [0.05, 0.1) is 20.3 Å². The summed E-state index contributed by atoms with van der Waals surface area (Å²) in [6.07, 6.45) is -0.483. The molecule has 0 heterocycles. The zero-order valence-electron chi connectivity index (χ0n) is 17.3. The van der Waals surface area contributed by atoms with Crippen molar-refractivity contribution < 1.29 is 19.0 Å². The number of methoxy groups -OCH3 is 1. The van der Waals surface area contributed by atoms with E-state index in [-0.39, 0.29) is 11.6 Å². The summed E-state index contributed by atoms with van der Waals surface area (Å²) in [5.41, 5.74) is 1.86. The molecule has 2 rings (SSSR count). The molecule has 0 radical (unpaired) electrons. The molecule has 2 aromatic rings. The second-order valence-corrected chi connectivity index (χ2v) is 12.9. The third-order valence-corrected chi connectivity index (χ3v) is 9.53. The van der Waals surface area contributed by atoms with Gasteiger partial charge in [-0.3, -0.25) is 0 Å². The van der Waals surface area contributed by atoms with Gasteiger partial charge in [0, 0.05) is 5.56 Å². The van der Waals surface area contributed by atoms with Crippen LogP contribution in [0.4, 0.5) is 0 Å². The van der Waals surface area contributed by atoms with Crippen LogP contribution in [0.25, 0.3) is 0 Å². The van der Waals surface area contributed by atoms with Gasteiger partial charge in [0.1, 0.15) is 11.9 Å². The maximum Gasteiger partial charge on any atom is 0.250 e. The molecule has 0 fully saturated rings. The van der Waals surface area contributed by atoms with Gasteiger partial charge in [0.15, 0.2) is 5.75 Å².